The number of phosphoric acid groups is 1. The van der Waals surface area contributed by atoms with Gasteiger partial charge in [0.2, 0.25) is 0 Å². The summed E-state index contributed by atoms with van der Waals surface area (Å²) >= 11 is 0. The molecule has 386 valence electrons. The summed E-state index contributed by atoms with van der Waals surface area (Å²) in [7, 11) is -4.39. The van der Waals surface area contributed by atoms with Gasteiger partial charge in [0.1, 0.15) is 6.61 Å². The summed E-state index contributed by atoms with van der Waals surface area (Å²) in [6, 6.07) is 0. The summed E-state index contributed by atoms with van der Waals surface area (Å²) in [5, 5.41) is 0. The fourth-order valence-corrected chi connectivity index (χ4v) is 7.44. The third kappa shape index (κ3) is 51.8. The van der Waals surface area contributed by atoms with Gasteiger partial charge in [-0.1, -0.05) is 200 Å². The van der Waals surface area contributed by atoms with Crippen LogP contribution in [0.1, 0.15) is 200 Å². The normalized spacial score (nSPS) is 14.1. The first-order valence-electron chi connectivity index (χ1n) is 26.5. The molecule has 0 aromatic carbocycles. The maximum atomic E-state index is 12.6. The Morgan fingerprint density at radius 3 is 1.22 bits per heavy atom. The number of hydrogen-bond acceptors (Lipinski definition) is 8. The van der Waals surface area contributed by atoms with E-state index in [2.05, 4.69) is 135 Å². The van der Waals surface area contributed by atoms with Crippen molar-refractivity contribution in [2.75, 3.05) is 26.4 Å². The maximum Gasteiger partial charge on any atom is 0.472 e. The van der Waals surface area contributed by atoms with E-state index < -0.39 is 32.5 Å². The molecule has 0 aliphatic rings. The van der Waals surface area contributed by atoms with Crippen LogP contribution in [0.4, 0.5) is 0 Å². The van der Waals surface area contributed by atoms with E-state index >= 15 is 0 Å². The van der Waals surface area contributed by atoms with Gasteiger partial charge in [0.25, 0.3) is 0 Å². The first kappa shape index (κ1) is 64.4. The van der Waals surface area contributed by atoms with Crippen LogP contribution >= 0.6 is 7.82 Å². The number of unbranched alkanes of at least 4 members (excludes halogenated alkanes) is 15. The van der Waals surface area contributed by atoms with E-state index in [0.717, 1.165) is 128 Å². The van der Waals surface area contributed by atoms with Gasteiger partial charge in [-0.05, 0) is 109 Å². The molecule has 2 atom stereocenters. The fourth-order valence-electron chi connectivity index (χ4n) is 6.68. The third-order valence-corrected chi connectivity index (χ3v) is 11.6. The number of hydrogen-bond donors (Lipinski definition) is 2. The van der Waals surface area contributed by atoms with Crippen LogP contribution in [0.2, 0.25) is 0 Å². The number of allylic oxidation sites excluding steroid dienone is 20. The van der Waals surface area contributed by atoms with Gasteiger partial charge >= 0.3 is 19.8 Å². The van der Waals surface area contributed by atoms with Gasteiger partial charge in [-0.25, -0.2) is 4.57 Å². The molecule has 0 saturated heterocycles. The molecule has 0 aromatic heterocycles. The van der Waals surface area contributed by atoms with Crippen molar-refractivity contribution in [3.63, 3.8) is 0 Å². The molecule has 0 fully saturated rings. The highest BCUT2D eigenvalue weighted by Crippen LogP contribution is 2.43. The number of carbonyl (C=O) groups is 2. The molecular formula is C58H96NO8P. The quantitative estimate of drug-likeness (QED) is 0.0264. The second-order valence-electron chi connectivity index (χ2n) is 17.0. The third-order valence-electron chi connectivity index (χ3n) is 10.6. The SMILES string of the molecule is CC/C=C\C/C=C\C/C=C\C/C=C\C/C=C\C/C=C\C/C=C\C/C=C\C/C=C\CCCCCCCCCC(=O)OC(COC(=O)CCCCCCC/C=C\CCCCC)COP(=O)(O)OCCN. The molecule has 0 amide bonds. The standard InChI is InChI=1S/C58H96NO8P/c1-3-5-7-9-11-13-15-17-18-19-20-21-22-23-24-25-26-27-28-29-30-31-32-33-34-35-36-37-38-39-41-43-45-47-49-51-58(61)67-56(55-66-68(62,63)65-53-52-59)54-64-57(60)50-48-46-44-42-40-16-14-12-10-8-6-4-2/h5,7,11-14,17-18,20-21,23-24,26-27,29-30,32-33,35-36,56H,3-4,6,8-10,15-16,19,22,25,28,31,34,37-55,59H2,1-2H3,(H,62,63)/b7-5-,13-11-,14-12-,18-17-,21-20-,24-23-,27-26-,30-29-,33-32-,36-35-. The lowest BCUT2D eigenvalue weighted by molar-refractivity contribution is -0.161. The zero-order chi connectivity index (χ0) is 49.5. The van der Waals surface area contributed by atoms with Gasteiger partial charge in [-0.3, -0.25) is 18.6 Å². The summed E-state index contributed by atoms with van der Waals surface area (Å²) < 4.78 is 32.8. The van der Waals surface area contributed by atoms with Crippen LogP contribution < -0.4 is 5.73 Å². The number of phosphoric ester groups is 1. The van der Waals surface area contributed by atoms with E-state index in [1.54, 1.807) is 0 Å². The molecule has 0 radical (unpaired) electrons. The minimum Gasteiger partial charge on any atom is -0.462 e. The number of ether oxygens (including phenoxy) is 2. The Balaban J connectivity index is 4.04. The first-order chi connectivity index (χ1) is 33.3. The van der Waals surface area contributed by atoms with Crippen molar-refractivity contribution in [1.82, 2.24) is 0 Å². The molecule has 0 aliphatic carbocycles. The van der Waals surface area contributed by atoms with Crippen molar-refractivity contribution < 1.29 is 37.6 Å². The van der Waals surface area contributed by atoms with Crippen molar-refractivity contribution in [3.05, 3.63) is 122 Å². The van der Waals surface area contributed by atoms with Gasteiger partial charge in [-0.2, -0.15) is 0 Å². The van der Waals surface area contributed by atoms with Gasteiger partial charge in [0.15, 0.2) is 6.10 Å². The van der Waals surface area contributed by atoms with E-state index in [1.165, 1.54) is 32.1 Å². The first-order valence-corrected chi connectivity index (χ1v) is 28.0. The van der Waals surface area contributed by atoms with Crippen LogP contribution in [0.15, 0.2) is 122 Å². The van der Waals surface area contributed by atoms with Crippen molar-refractivity contribution in [2.24, 2.45) is 5.73 Å². The van der Waals surface area contributed by atoms with Crippen molar-refractivity contribution in [1.29, 1.82) is 0 Å². The Morgan fingerprint density at radius 2 is 0.809 bits per heavy atom. The lowest BCUT2D eigenvalue weighted by atomic mass is 10.1. The molecular weight excluding hydrogens is 870 g/mol. The summed E-state index contributed by atoms with van der Waals surface area (Å²) in [4.78, 5) is 35.0. The maximum absolute atomic E-state index is 12.6. The van der Waals surface area contributed by atoms with Crippen LogP contribution in [-0.4, -0.2) is 49.3 Å². The van der Waals surface area contributed by atoms with E-state index in [4.69, 9.17) is 24.3 Å². The van der Waals surface area contributed by atoms with E-state index in [-0.39, 0.29) is 32.6 Å². The molecule has 3 N–H and O–H groups in total. The predicted molar refractivity (Wildman–Crippen MR) is 288 cm³/mol. The summed E-state index contributed by atoms with van der Waals surface area (Å²) in [6.07, 6.45) is 72.5. The highest BCUT2D eigenvalue weighted by atomic mass is 31.2. The molecule has 0 aliphatic heterocycles. The Kier molecular flexibility index (Phi) is 50.0. The van der Waals surface area contributed by atoms with Gasteiger partial charge in [-0.15, -0.1) is 0 Å². The van der Waals surface area contributed by atoms with Crippen LogP contribution in [-0.2, 0) is 32.7 Å². The molecule has 0 aromatic rings. The molecule has 9 nitrogen and oxygen atoms in total. The minimum atomic E-state index is -4.39. The zero-order valence-corrected chi connectivity index (χ0v) is 43.7. The smallest absolute Gasteiger partial charge is 0.462 e. The number of carbonyl (C=O) groups excluding carboxylic acids is 2. The van der Waals surface area contributed by atoms with Gasteiger partial charge < -0.3 is 20.1 Å². The number of rotatable bonds is 48. The van der Waals surface area contributed by atoms with Gasteiger partial charge in [0.05, 0.1) is 13.2 Å². The molecule has 0 saturated carbocycles. The van der Waals surface area contributed by atoms with E-state index in [1.807, 2.05) is 0 Å². The molecule has 0 bridgehead atoms. The number of esters is 2. The predicted octanol–water partition coefficient (Wildman–Crippen LogP) is 16.4. The average molecular weight is 966 g/mol. The van der Waals surface area contributed by atoms with Crippen molar-refractivity contribution >= 4 is 19.8 Å². The highest BCUT2D eigenvalue weighted by Gasteiger charge is 2.26. The summed E-state index contributed by atoms with van der Waals surface area (Å²) in [6.45, 7) is 3.55. The largest absolute Gasteiger partial charge is 0.472 e. The van der Waals surface area contributed by atoms with E-state index in [0.29, 0.717) is 12.8 Å². The Bertz CT molecular complexity index is 1520. The Labute approximate surface area is 415 Å². The number of nitrogens with two attached hydrogens (primary N) is 1. The zero-order valence-electron chi connectivity index (χ0n) is 42.8. The molecule has 0 heterocycles. The highest BCUT2D eigenvalue weighted by molar-refractivity contribution is 7.47. The molecule has 2 unspecified atom stereocenters. The van der Waals surface area contributed by atoms with Crippen LogP contribution in [0, 0.1) is 0 Å². The molecule has 0 rings (SSSR count). The second kappa shape index (κ2) is 52.8. The fraction of sp³-hybridized carbons (Fsp3) is 0.621. The van der Waals surface area contributed by atoms with Crippen LogP contribution in [0.5, 0.6) is 0 Å². The topological polar surface area (TPSA) is 134 Å². The van der Waals surface area contributed by atoms with Crippen LogP contribution in [0.3, 0.4) is 0 Å². The monoisotopic (exact) mass is 966 g/mol. The molecule has 0 spiro atoms. The average Bonchev–Trinajstić information content (AvgIpc) is 3.33. The van der Waals surface area contributed by atoms with Crippen molar-refractivity contribution in [3.8, 4) is 0 Å². The molecule has 68 heavy (non-hydrogen) atoms. The lowest BCUT2D eigenvalue weighted by Crippen LogP contribution is -2.29. The molecule has 10 heteroatoms. The van der Waals surface area contributed by atoms with E-state index in [9.17, 15) is 19.0 Å². The van der Waals surface area contributed by atoms with Gasteiger partial charge in [0, 0.05) is 19.4 Å². The Morgan fingerprint density at radius 1 is 0.456 bits per heavy atom. The lowest BCUT2D eigenvalue weighted by Gasteiger charge is -2.19. The summed E-state index contributed by atoms with van der Waals surface area (Å²) in [5.74, 6) is -0.861. The Hall–Kier alpha value is -3.59. The minimum absolute atomic E-state index is 0.0443. The second-order valence-corrected chi connectivity index (χ2v) is 18.5. The van der Waals surface area contributed by atoms with Crippen LogP contribution in [0.25, 0.3) is 0 Å². The van der Waals surface area contributed by atoms with Crippen molar-refractivity contribution in [2.45, 2.75) is 206 Å². The summed E-state index contributed by atoms with van der Waals surface area (Å²) in [5.41, 5.74) is 5.36.